The largest absolute Gasteiger partial charge is 0.496 e. The molecule has 3 rings (SSSR count). The zero-order valence-corrected chi connectivity index (χ0v) is 17.4. The molecule has 0 saturated carbocycles. The number of methoxy groups -OCH3 is 1. The number of ether oxygens (including phenoxy) is 1. The van der Waals surface area contributed by atoms with E-state index in [0.717, 1.165) is 43.2 Å². The van der Waals surface area contributed by atoms with E-state index in [-0.39, 0.29) is 11.9 Å². The molecule has 1 fully saturated rings. The summed E-state index contributed by atoms with van der Waals surface area (Å²) in [4.78, 5) is 18.7. The lowest BCUT2D eigenvalue weighted by atomic mass is 9.90. The maximum absolute atomic E-state index is 11.7. The first kappa shape index (κ1) is 19.8. The molecule has 6 heteroatoms. The number of carbonyl (C=O) groups is 1. The summed E-state index contributed by atoms with van der Waals surface area (Å²) in [6.45, 7) is 8.86. The minimum absolute atomic E-state index is 0.00370. The lowest BCUT2D eigenvalue weighted by molar-refractivity contribution is -0.120. The van der Waals surface area contributed by atoms with Gasteiger partial charge >= 0.3 is 0 Å². The van der Waals surface area contributed by atoms with Crippen molar-refractivity contribution >= 4 is 17.2 Å². The predicted molar refractivity (Wildman–Crippen MR) is 109 cm³/mol. The van der Waals surface area contributed by atoms with Crippen molar-refractivity contribution in [1.82, 2.24) is 15.2 Å². The van der Waals surface area contributed by atoms with Gasteiger partial charge in [0.25, 0.3) is 0 Å². The number of amides is 1. The first-order valence-electron chi connectivity index (χ1n) is 9.51. The van der Waals surface area contributed by atoms with Crippen molar-refractivity contribution in [2.24, 2.45) is 5.92 Å². The fourth-order valence-electron chi connectivity index (χ4n) is 3.98. The van der Waals surface area contributed by atoms with Gasteiger partial charge < -0.3 is 10.1 Å². The van der Waals surface area contributed by atoms with Crippen LogP contribution >= 0.6 is 11.3 Å². The molecule has 1 aliphatic rings. The van der Waals surface area contributed by atoms with Crippen LogP contribution < -0.4 is 10.1 Å². The Bertz CT molecular complexity index is 776. The Morgan fingerprint density at radius 2 is 2.22 bits per heavy atom. The molecular formula is C21H29N3O2S. The summed E-state index contributed by atoms with van der Waals surface area (Å²) >= 11 is 1.62. The van der Waals surface area contributed by atoms with Crippen molar-refractivity contribution in [2.75, 3.05) is 20.2 Å². The van der Waals surface area contributed by atoms with Crippen LogP contribution in [0.1, 0.15) is 47.5 Å². The highest BCUT2D eigenvalue weighted by Crippen LogP contribution is 2.32. The SMILES string of the molecule is COc1ccc(CN2CCCC(C(NC(C)=O)c3nccs3)C2)c(C)c1C. The number of nitrogens with one attached hydrogen (secondary N) is 1. The van der Waals surface area contributed by atoms with Gasteiger partial charge in [0.05, 0.1) is 13.2 Å². The molecule has 2 heterocycles. The van der Waals surface area contributed by atoms with Crippen LogP contribution in [-0.2, 0) is 11.3 Å². The molecule has 0 spiro atoms. The summed E-state index contributed by atoms with van der Waals surface area (Å²) < 4.78 is 5.44. The molecule has 1 saturated heterocycles. The van der Waals surface area contributed by atoms with Crippen LogP contribution in [0.15, 0.2) is 23.7 Å². The van der Waals surface area contributed by atoms with Crippen molar-refractivity contribution in [3.63, 3.8) is 0 Å². The number of benzene rings is 1. The van der Waals surface area contributed by atoms with Crippen molar-refractivity contribution in [1.29, 1.82) is 0 Å². The molecule has 146 valence electrons. The van der Waals surface area contributed by atoms with Gasteiger partial charge in [0.1, 0.15) is 10.8 Å². The molecule has 1 aromatic heterocycles. The van der Waals surface area contributed by atoms with E-state index in [9.17, 15) is 4.79 Å². The summed E-state index contributed by atoms with van der Waals surface area (Å²) in [7, 11) is 1.72. The summed E-state index contributed by atoms with van der Waals surface area (Å²) in [5.41, 5.74) is 3.86. The zero-order valence-electron chi connectivity index (χ0n) is 16.6. The first-order chi connectivity index (χ1) is 13.0. The molecular weight excluding hydrogens is 358 g/mol. The molecule has 2 aromatic rings. The Kier molecular flexibility index (Phi) is 6.50. The maximum atomic E-state index is 11.7. The predicted octanol–water partition coefficient (Wildman–Crippen LogP) is 3.86. The summed E-state index contributed by atoms with van der Waals surface area (Å²) in [6.07, 6.45) is 4.07. The number of hydrogen-bond donors (Lipinski definition) is 1. The van der Waals surface area contributed by atoms with Gasteiger partial charge in [-0.1, -0.05) is 6.07 Å². The molecule has 1 amide bonds. The lowest BCUT2D eigenvalue weighted by Gasteiger charge is -2.36. The summed E-state index contributed by atoms with van der Waals surface area (Å²) in [6, 6.07) is 4.25. The van der Waals surface area contributed by atoms with E-state index in [0.29, 0.717) is 5.92 Å². The van der Waals surface area contributed by atoms with Gasteiger partial charge in [0.2, 0.25) is 5.91 Å². The van der Waals surface area contributed by atoms with Crippen LogP contribution in [-0.4, -0.2) is 36.0 Å². The van der Waals surface area contributed by atoms with Crippen LogP contribution in [0.5, 0.6) is 5.75 Å². The number of likely N-dealkylation sites (tertiary alicyclic amines) is 1. The minimum Gasteiger partial charge on any atom is -0.496 e. The highest BCUT2D eigenvalue weighted by atomic mass is 32.1. The monoisotopic (exact) mass is 387 g/mol. The number of rotatable bonds is 6. The Hall–Kier alpha value is -1.92. The molecule has 0 radical (unpaired) electrons. The Balaban J connectivity index is 1.74. The third kappa shape index (κ3) is 4.68. The smallest absolute Gasteiger partial charge is 0.217 e. The van der Waals surface area contributed by atoms with Gasteiger partial charge in [-0.3, -0.25) is 9.69 Å². The van der Waals surface area contributed by atoms with Crippen LogP contribution in [0.25, 0.3) is 0 Å². The number of carbonyl (C=O) groups excluding carboxylic acids is 1. The number of piperidine rings is 1. The highest BCUT2D eigenvalue weighted by molar-refractivity contribution is 7.09. The van der Waals surface area contributed by atoms with Crippen LogP contribution in [0.2, 0.25) is 0 Å². The second kappa shape index (κ2) is 8.85. The quantitative estimate of drug-likeness (QED) is 0.818. The second-order valence-electron chi connectivity index (χ2n) is 7.36. The lowest BCUT2D eigenvalue weighted by Crippen LogP contribution is -2.42. The minimum atomic E-state index is 0.00370. The average Bonchev–Trinajstić information content (AvgIpc) is 3.18. The third-order valence-corrected chi connectivity index (χ3v) is 6.41. The Labute approximate surface area is 165 Å². The van der Waals surface area contributed by atoms with Crippen molar-refractivity contribution in [3.05, 3.63) is 45.4 Å². The van der Waals surface area contributed by atoms with Gasteiger partial charge in [-0.25, -0.2) is 4.98 Å². The van der Waals surface area contributed by atoms with Crippen LogP contribution in [0.3, 0.4) is 0 Å². The first-order valence-corrected chi connectivity index (χ1v) is 10.4. The van der Waals surface area contributed by atoms with E-state index < -0.39 is 0 Å². The fourth-order valence-corrected chi connectivity index (χ4v) is 4.76. The number of aromatic nitrogens is 1. The topological polar surface area (TPSA) is 54.5 Å². The van der Waals surface area contributed by atoms with E-state index in [1.807, 2.05) is 11.6 Å². The zero-order chi connectivity index (χ0) is 19.4. The van der Waals surface area contributed by atoms with Gasteiger partial charge in [-0.15, -0.1) is 11.3 Å². The Morgan fingerprint density at radius 1 is 1.41 bits per heavy atom. The third-order valence-electron chi connectivity index (χ3n) is 5.55. The van der Waals surface area contributed by atoms with Crippen LogP contribution in [0, 0.1) is 19.8 Å². The molecule has 5 nitrogen and oxygen atoms in total. The Morgan fingerprint density at radius 3 is 2.89 bits per heavy atom. The van der Waals surface area contributed by atoms with Crippen molar-refractivity contribution in [3.8, 4) is 5.75 Å². The molecule has 1 N–H and O–H groups in total. The van der Waals surface area contributed by atoms with Crippen molar-refractivity contribution < 1.29 is 9.53 Å². The standard InChI is InChI=1S/C21H29N3O2S/c1-14-15(2)19(26-4)8-7-17(14)12-24-10-5-6-18(13-24)20(23-16(3)25)21-22-9-11-27-21/h7-9,11,18,20H,5-6,10,12-13H2,1-4H3,(H,23,25). The van der Waals surface area contributed by atoms with Gasteiger partial charge in [0, 0.05) is 31.6 Å². The highest BCUT2D eigenvalue weighted by Gasteiger charge is 2.30. The number of nitrogens with zero attached hydrogens (tertiary/aromatic N) is 2. The van der Waals surface area contributed by atoms with Gasteiger partial charge in [-0.2, -0.15) is 0 Å². The molecule has 1 aliphatic heterocycles. The fraction of sp³-hybridized carbons (Fsp3) is 0.524. The number of hydrogen-bond acceptors (Lipinski definition) is 5. The summed E-state index contributed by atoms with van der Waals surface area (Å²) in [5.74, 6) is 1.34. The molecule has 2 atom stereocenters. The second-order valence-corrected chi connectivity index (χ2v) is 8.29. The van der Waals surface area contributed by atoms with E-state index in [4.69, 9.17) is 4.74 Å². The van der Waals surface area contributed by atoms with Gasteiger partial charge in [-0.05, 0) is 61.9 Å². The molecule has 0 aliphatic carbocycles. The van der Waals surface area contributed by atoms with Gasteiger partial charge in [0.15, 0.2) is 0 Å². The average molecular weight is 388 g/mol. The van der Waals surface area contributed by atoms with Crippen molar-refractivity contribution in [2.45, 2.75) is 46.2 Å². The van der Waals surface area contributed by atoms with E-state index in [2.05, 4.69) is 41.2 Å². The van der Waals surface area contributed by atoms with E-state index in [1.165, 1.54) is 16.7 Å². The van der Waals surface area contributed by atoms with E-state index >= 15 is 0 Å². The summed E-state index contributed by atoms with van der Waals surface area (Å²) in [5, 5.41) is 6.13. The van der Waals surface area contributed by atoms with Crippen LogP contribution in [0.4, 0.5) is 0 Å². The number of thiazole rings is 1. The molecule has 27 heavy (non-hydrogen) atoms. The molecule has 1 aromatic carbocycles. The molecule has 2 unspecified atom stereocenters. The maximum Gasteiger partial charge on any atom is 0.217 e. The molecule has 0 bridgehead atoms. The van der Waals surface area contributed by atoms with E-state index in [1.54, 1.807) is 25.4 Å². The normalized spacial score (nSPS) is 18.9.